The van der Waals surface area contributed by atoms with E-state index in [4.69, 9.17) is 9.47 Å². The van der Waals surface area contributed by atoms with Crippen LogP contribution in [0.1, 0.15) is 28.8 Å². The molecule has 0 radical (unpaired) electrons. The normalized spacial score (nSPS) is 16.1. The average Bonchev–Trinajstić information content (AvgIpc) is 2.45. The summed E-state index contributed by atoms with van der Waals surface area (Å²) in [5.41, 5.74) is 1.48. The Morgan fingerprint density at radius 1 is 1.37 bits per heavy atom. The number of rotatable bonds is 4. The Hall–Kier alpha value is -1.55. The van der Waals surface area contributed by atoms with E-state index in [0.717, 1.165) is 31.0 Å². The van der Waals surface area contributed by atoms with Crippen molar-refractivity contribution in [2.45, 2.75) is 19.8 Å². The Bertz CT molecular complexity index is 439. The molecule has 4 nitrogen and oxygen atoms in total. The molecule has 1 aromatic rings. The van der Waals surface area contributed by atoms with E-state index in [-0.39, 0.29) is 5.97 Å². The number of ether oxygens (including phenoxy) is 2. The zero-order chi connectivity index (χ0) is 13.7. The van der Waals surface area contributed by atoms with Crippen LogP contribution in [-0.2, 0) is 4.74 Å². The highest BCUT2D eigenvalue weighted by Crippen LogP contribution is 2.20. The van der Waals surface area contributed by atoms with E-state index in [2.05, 4.69) is 5.32 Å². The van der Waals surface area contributed by atoms with Crippen LogP contribution in [0.3, 0.4) is 0 Å². The first-order valence-corrected chi connectivity index (χ1v) is 6.73. The first-order chi connectivity index (χ1) is 9.20. The quantitative estimate of drug-likeness (QED) is 0.846. The van der Waals surface area contributed by atoms with Gasteiger partial charge in [0.15, 0.2) is 0 Å². The van der Waals surface area contributed by atoms with Crippen molar-refractivity contribution in [3.8, 4) is 5.75 Å². The van der Waals surface area contributed by atoms with Gasteiger partial charge in [0.1, 0.15) is 5.75 Å². The number of benzene rings is 1. The maximum Gasteiger partial charge on any atom is 0.338 e. The van der Waals surface area contributed by atoms with Gasteiger partial charge in [-0.3, -0.25) is 0 Å². The van der Waals surface area contributed by atoms with Crippen molar-refractivity contribution in [3.63, 3.8) is 0 Å². The van der Waals surface area contributed by atoms with Gasteiger partial charge in [-0.05, 0) is 62.5 Å². The van der Waals surface area contributed by atoms with Gasteiger partial charge in [0.2, 0.25) is 0 Å². The third kappa shape index (κ3) is 3.70. The molecule has 0 aromatic heterocycles. The molecule has 0 saturated carbocycles. The highest BCUT2D eigenvalue weighted by atomic mass is 16.5. The minimum absolute atomic E-state index is 0.303. The van der Waals surface area contributed by atoms with E-state index in [1.165, 1.54) is 20.0 Å². The third-order valence-electron chi connectivity index (χ3n) is 3.55. The van der Waals surface area contributed by atoms with Crippen molar-refractivity contribution in [3.05, 3.63) is 29.3 Å². The zero-order valence-corrected chi connectivity index (χ0v) is 11.6. The van der Waals surface area contributed by atoms with Gasteiger partial charge in [0.25, 0.3) is 0 Å². The first kappa shape index (κ1) is 13.9. The number of hydrogen-bond acceptors (Lipinski definition) is 4. The lowest BCUT2D eigenvalue weighted by Gasteiger charge is -2.22. The summed E-state index contributed by atoms with van der Waals surface area (Å²) in [6.07, 6.45) is 2.33. The summed E-state index contributed by atoms with van der Waals surface area (Å²) in [6, 6.07) is 5.49. The molecule has 2 rings (SSSR count). The fourth-order valence-corrected chi connectivity index (χ4v) is 2.33. The lowest BCUT2D eigenvalue weighted by Crippen LogP contribution is -2.30. The third-order valence-corrected chi connectivity index (χ3v) is 3.55. The second-order valence-corrected chi connectivity index (χ2v) is 4.97. The van der Waals surface area contributed by atoms with E-state index in [1.807, 2.05) is 19.1 Å². The van der Waals surface area contributed by atoms with Crippen molar-refractivity contribution >= 4 is 5.97 Å². The topological polar surface area (TPSA) is 47.6 Å². The fraction of sp³-hybridized carbons (Fsp3) is 0.533. The number of carbonyl (C=O) groups excluding carboxylic acids is 1. The molecule has 0 amide bonds. The van der Waals surface area contributed by atoms with Gasteiger partial charge in [0, 0.05) is 0 Å². The monoisotopic (exact) mass is 263 g/mol. The Labute approximate surface area is 114 Å². The molecule has 0 spiro atoms. The average molecular weight is 263 g/mol. The van der Waals surface area contributed by atoms with Crippen molar-refractivity contribution in [2.75, 3.05) is 26.8 Å². The van der Waals surface area contributed by atoms with Crippen LogP contribution >= 0.6 is 0 Å². The number of hydrogen-bond donors (Lipinski definition) is 1. The van der Waals surface area contributed by atoms with Gasteiger partial charge < -0.3 is 14.8 Å². The van der Waals surface area contributed by atoms with Crippen LogP contribution in [0.15, 0.2) is 18.2 Å². The van der Waals surface area contributed by atoms with Crippen LogP contribution in [0, 0.1) is 12.8 Å². The van der Waals surface area contributed by atoms with E-state index in [0.29, 0.717) is 11.5 Å². The number of methoxy groups -OCH3 is 1. The predicted molar refractivity (Wildman–Crippen MR) is 73.6 cm³/mol. The van der Waals surface area contributed by atoms with Gasteiger partial charge in [-0.25, -0.2) is 4.79 Å². The smallest absolute Gasteiger partial charge is 0.338 e. The molecule has 1 aromatic carbocycles. The lowest BCUT2D eigenvalue weighted by atomic mass is 9.99. The second-order valence-electron chi connectivity index (χ2n) is 4.97. The molecule has 1 saturated heterocycles. The van der Waals surface area contributed by atoms with Crippen LogP contribution in [0.4, 0.5) is 0 Å². The molecule has 104 valence electrons. The highest BCUT2D eigenvalue weighted by Gasteiger charge is 2.14. The summed E-state index contributed by atoms with van der Waals surface area (Å²) < 4.78 is 10.5. The van der Waals surface area contributed by atoms with Gasteiger partial charge >= 0.3 is 5.97 Å². The Morgan fingerprint density at radius 2 is 2.11 bits per heavy atom. The first-order valence-electron chi connectivity index (χ1n) is 6.73. The summed E-state index contributed by atoms with van der Waals surface area (Å²) >= 11 is 0. The SMILES string of the molecule is COC(=O)c1ccc(OCC2CCNCC2)cc1C. The molecule has 0 unspecified atom stereocenters. The molecule has 1 heterocycles. The van der Waals surface area contributed by atoms with Gasteiger partial charge in [0.05, 0.1) is 19.3 Å². The van der Waals surface area contributed by atoms with Crippen molar-refractivity contribution in [1.29, 1.82) is 0 Å². The molecule has 4 heteroatoms. The van der Waals surface area contributed by atoms with E-state index in [9.17, 15) is 4.79 Å². The Kier molecular flexibility index (Phi) is 4.80. The molecule has 1 aliphatic rings. The van der Waals surface area contributed by atoms with Crippen LogP contribution in [0.2, 0.25) is 0 Å². The van der Waals surface area contributed by atoms with E-state index >= 15 is 0 Å². The molecular weight excluding hydrogens is 242 g/mol. The Morgan fingerprint density at radius 3 is 2.74 bits per heavy atom. The number of piperidine rings is 1. The van der Waals surface area contributed by atoms with Gasteiger partial charge in [-0.15, -0.1) is 0 Å². The fourth-order valence-electron chi connectivity index (χ4n) is 2.33. The van der Waals surface area contributed by atoms with Crippen molar-refractivity contribution in [2.24, 2.45) is 5.92 Å². The van der Waals surface area contributed by atoms with E-state index in [1.54, 1.807) is 6.07 Å². The lowest BCUT2D eigenvalue weighted by molar-refractivity contribution is 0.0600. The zero-order valence-electron chi connectivity index (χ0n) is 11.6. The molecule has 0 aliphatic carbocycles. The summed E-state index contributed by atoms with van der Waals surface area (Å²) in [5.74, 6) is 1.15. The molecule has 1 N–H and O–H groups in total. The number of esters is 1. The van der Waals surface area contributed by atoms with Crippen molar-refractivity contribution in [1.82, 2.24) is 5.32 Å². The molecule has 0 bridgehead atoms. The number of nitrogens with one attached hydrogen (secondary N) is 1. The standard InChI is InChI=1S/C15H21NO3/c1-11-9-13(3-4-14(11)15(17)18-2)19-10-12-5-7-16-8-6-12/h3-4,9,12,16H,5-8,10H2,1-2H3. The van der Waals surface area contributed by atoms with Crippen LogP contribution in [0.25, 0.3) is 0 Å². The van der Waals surface area contributed by atoms with Gasteiger partial charge in [-0.2, -0.15) is 0 Å². The second kappa shape index (κ2) is 6.57. The van der Waals surface area contributed by atoms with E-state index < -0.39 is 0 Å². The summed E-state index contributed by atoms with van der Waals surface area (Å²) in [7, 11) is 1.39. The molecule has 1 fully saturated rings. The molecule has 0 atom stereocenters. The molecular formula is C15H21NO3. The van der Waals surface area contributed by atoms with Crippen LogP contribution < -0.4 is 10.1 Å². The largest absolute Gasteiger partial charge is 0.493 e. The maximum absolute atomic E-state index is 11.5. The maximum atomic E-state index is 11.5. The number of aryl methyl sites for hydroxylation is 1. The minimum atomic E-state index is -0.303. The van der Waals surface area contributed by atoms with Crippen molar-refractivity contribution < 1.29 is 14.3 Å². The minimum Gasteiger partial charge on any atom is -0.493 e. The van der Waals surface area contributed by atoms with Crippen LogP contribution in [-0.4, -0.2) is 32.8 Å². The highest BCUT2D eigenvalue weighted by molar-refractivity contribution is 5.91. The number of carbonyl (C=O) groups is 1. The van der Waals surface area contributed by atoms with Crippen LogP contribution in [0.5, 0.6) is 5.75 Å². The van der Waals surface area contributed by atoms with Gasteiger partial charge in [-0.1, -0.05) is 0 Å². The summed E-state index contributed by atoms with van der Waals surface area (Å²) in [4.78, 5) is 11.5. The Balaban J connectivity index is 1.94. The summed E-state index contributed by atoms with van der Waals surface area (Å²) in [6.45, 7) is 4.80. The molecule has 1 aliphatic heterocycles. The summed E-state index contributed by atoms with van der Waals surface area (Å²) in [5, 5.41) is 3.34. The molecule has 19 heavy (non-hydrogen) atoms. The predicted octanol–water partition coefficient (Wildman–Crippen LogP) is 2.16.